The summed E-state index contributed by atoms with van der Waals surface area (Å²) < 4.78 is 15.6. The zero-order chi connectivity index (χ0) is 18.1. The monoisotopic (exact) mass is 350 g/mol. The molecule has 0 aliphatic heterocycles. The quantitative estimate of drug-likeness (QED) is 0.515. The topological polar surface area (TPSA) is 121 Å². The molecule has 2 aromatic heterocycles. The van der Waals surface area contributed by atoms with Gasteiger partial charge in [0.25, 0.3) is 0 Å². The number of fused-ring (bicyclic) bond motifs is 1. The fraction of sp³-hybridized carbons (Fsp3) is 0.0588. The Hall–Kier alpha value is -3.75. The number of rotatable bonds is 4. The van der Waals surface area contributed by atoms with Gasteiger partial charge in [0.2, 0.25) is 17.8 Å². The molecule has 0 spiro atoms. The van der Waals surface area contributed by atoms with Gasteiger partial charge in [0.05, 0.1) is 17.6 Å². The Bertz CT molecular complexity index is 1060. The van der Waals surface area contributed by atoms with Crippen LogP contribution in [0.1, 0.15) is 5.82 Å². The molecule has 4 aromatic rings. The van der Waals surface area contributed by atoms with Crippen molar-refractivity contribution in [2.45, 2.75) is 6.54 Å². The lowest BCUT2D eigenvalue weighted by molar-refractivity contribution is 0.629. The van der Waals surface area contributed by atoms with Crippen LogP contribution in [-0.4, -0.2) is 24.5 Å². The molecule has 130 valence electrons. The predicted octanol–water partition coefficient (Wildman–Crippen LogP) is 2.13. The highest BCUT2D eigenvalue weighted by Gasteiger charge is 2.14. The molecular formula is C17H15FN8. The van der Waals surface area contributed by atoms with Gasteiger partial charge in [-0.15, -0.1) is 0 Å². The Morgan fingerprint density at radius 2 is 1.65 bits per heavy atom. The average Bonchev–Trinajstić information content (AvgIpc) is 2.97. The van der Waals surface area contributed by atoms with Crippen LogP contribution in [0, 0.1) is 5.82 Å². The van der Waals surface area contributed by atoms with Gasteiger partial charge in [-0.1, -0.05) is 18.2 Å². The van der Waals surface area contributed by atoms with E-state index in [1.165, 1.54) is 12.1 Å². The Balaban J connectivity index is 1.76. The molecule has 0 bridgehead atoms. The highest BCUT2D eigenvalue weighted by Crippen LogP contribution is 2.23. The van der Waals surface area contributed by atoms with Crippen molar-refractivity contribution >= 4 is 28.9 Å². The van der Waals surface area contributed by atoms with Crippen LogP contribution in [0.4, 0.5) is 22.2 Å². The van der Waals surface area contributed by atoms with Crippen LogP contribution in [0.15, 0.2) is 48.5 Å². The van der Waals surface area contributed by atoms with Crippen LogP contribution >= 0.6 is 0 Å². The molecule has 26 heavy (non-hydrogen) atoms. The normalized spacial score (nSPS) is 11.0. The number of imidazole rings is 1. The minimum absolute atomic E-state index is 0.0265. The molecule has 0 atom stereocenters. The van der Waals surface area contributed by atoms with Crippen molar-refractivity contribution in [3.8, 4) is 5.69 Å². The van der Waals surface area contributed by atoms with E-state index >= 15 is 0 Å². The third-order valence-corrected chi connectivity index (χ3v) is 3.77. The smallest absolute Gasteiger partial charge is 0.229 e. The summed E-state index contributed by atoms with van der Waals surface area (Å²) in [6, 6.07) is 14.1. The molecule has 8 nitrogen and oxygen atoms in total. The number of nitrogens with two attached hydrogens (primary N) is 2. The van der Waals surface area contributed by atoms with Crippen molar-refractivity contribution in [1.29, 1.82) is 0 Å². The Morgan fingerprint density at radius 3 is 2.38 bits per heavy atom. The van der Waals surface area contributed by atoms with Crippen molar-refractivity contribution < 1.29 is 4.39 Å². The molecule has 0 fully saturated rings. The zero-order valence-corrected chi connectivity index (χ0v) is 13.6. The lowest BCUT2D eigenvalue weighted by Gasteiger charge is -2.10. The molecule has 0 amide bonds. The van der Waals surface area contributed by atoms with E-state index in [-0.39, 0.29) is 30.2 Å². The molecular weight excluding hydrogens is 335 g/mol. The van der Waals surface area contributed by atoms with E-state index < -0.39 is 0 Å². The van der Waals surface area contributed by atoms with Crippen molar-refractivity contribution in [3.05, 3.63) is 60.2 Å². The minimum atomic E-state index is -0.327. The first kappa shape index (κ1) is 15.8. The largest absolute Gasteiger partial charge is 0.368 e. The van der Waals surface area contributed by atoms with Gasteiger partial charge in [0.15, 0.2) is 0 Å². The second kappa shape index (κ2) is 6.28. The third-order valence-electron chi connectivity index (χ3n) is 3.77. The first-order valence-electron chi connectivity index (χ1n) is 7.83. The van der Waals surface area contributed by atoms with E-state index in [1.807, 2.05) is 34.9 Å². The number of nitrogens with zero attached hydrogens (tertiary/aromatic N) is 5. The Kier molecular flexibility index (Phi) is 3.81. The zero-order valence-electron chi connectivity index (χ0n) is 13.6. The molecule has 0 aliphatic rings. The molecule has 4 rings (SSSR count). The second-order valence-electron chi connectivity index (χ2n) is 5.56. The number of halogens is 1. The maximum Gasteiger partial charge on any atom is 0.229 e. The number of aromatic nitrogens is 5. The summed E-state index contributed by atoms with van der Waals surface area (Å²) in [5.74, 6) is 0.631. The van der Waals surface area contributed by atoms with Crippen molar-refractivity contribution in [2.75, 3.05) is 16.8 Å². The number of para-hydroxylation sites is 1. The highest BCUT2D eigenvalue weighted by atomic mass is 19.1. The maximum absolute atomic E-state index is 13.8. The molecule has 9 heteroatoms. The summed E-state index contributed by atoms with van der Waals surface area (Å²) in [6.07, 6.45) is 0. The van der Waals surface area contributed by atoms with E-state index in [0.29, 0.717) is 16.9 Å². The van der Waals surface area contributed by atoms with Crippen LogP contribution in [0.2, 0.25) is 0 Å². The molecule has 0 unspecified atom stereocenters. The van der Waals surface area contributed by atoms with Gasteiger partial charge >= 0.3 is 0 Å². The number of anilines is 3. The minimum Gasteiger partial charge on any atom is -0.368 e. The van der Waals surface area contributed by atoms with Crippen molar-refractivity contribution in [1.82, 2.24) is 24.5 Å². The van der Waals surface area contributed by atoms with E-state index in [9.17, 15) is 4.39 Å². The van der Waals surface area contributed by atoms with E-state index in [2.05, 4.69) is 25.3 Å². The van der Waals surface area contributed by atoms with Crippen LogP contribution < -0.4 is 16.8 Å². The number of nitrogens with one attached hydrogen (secondary N) is 1. The SMILES string of the molecule is Nc1nc(N)nc(NCc2nc3ccc(F)cc3n2-c2ccccc2)n1. The van der Waals surface area contributed by atoms with Crippen LogP contribution in [0.3, 0.4) is 0 Å². The molecule has 0 radical (unpaired) electrons. The molecule has 2 aromatic carbocycles. The van der Waals surface area contributed by atoms with Crippen molar-refractivity contribution in [2.24, 2.45) is 0 Å². The average molecular weight is 350 g/mol. The first-order valence-corrected chi connectivity index (χ1v) is 7.83. The van der Waals surface area contributed by atoms with Gasteiger partial charge < -0.3 is 16.8 Å². The van der Waals surface area contributed by atoms with Gasteiger partial charge in [-0.3, -0.25) is 4.57 Å². The fourth-order valence-corrected chi connectivity index (χ4v) is 2.73. The predicted molar refractivity (Wildman–Crippen MR) is 97.0 cm³/mol. The molecule has 2 heterocycles. The highest BCUT2D eigenvalue weighted by molar-refractivity contribution is 5.78. The second-order valence-corrected chi connectivity index (χ2v) is 5.56. The van der Waals surface area contributed by atoms with Crippen LogP contribution in [0.25, 0.3) is 16.7 Å². The lowest BCUT2D eigenvalue weighted by Crippen LogP contribution is -2.12. The molecule has 0 aliphatic carbocycles. The number of nitrogen functional groups attached to an aromatic ring is 2. The molecule has 5 N–H and O–H groups in total. The summed E-state index contributed by atoms with van der Waals surface area (Å²) in [4.78, 5) is 16.3. The summed E-state index contributed by atoms with van der Waals surface area (Å²) in [5.41, 5.74) is 13.4. The Morgan fingerprint density at radius 1 is 0.923 bits per heavy atom. The van der Waals surface area contributed by atoms with Gasteiger partial charge in [-0.2, -0.15) is 15.0 Å². The maximum atomic E-state index is 13.8. The third kappa shape index (κ3) is 2.97. The summed E-state index contributed by atoms with van der Waals surface area (Å²) in [7, 11) is 0. The fourth-order valence-electron chi connectivity index (χ4n) is 2.73. The van der Waals surface area contributed by atoms with E-state index in [4.69, 9.17) is 11.5 Å². The molecule has 0 saturated carbocycles. The Labute approximate surface area is 147 Å². The summed E-state index contributed by atoms with van der Waals surface area (Å²) in [6.45, 7) is 0.286. The van der Waals surface area contributed by atoms with Gasteiger partial charge in [-0.25, -0.2) is 9.37 Å². The van der Waals surface area contributed by atoms with Crippen LogP contribution in [0.5, 0.6) is 0 Å². The van der Waals surface area contributed by atoms with E-state index in [1.54, 1.807) is 6.07 Å². The lowest BCUT2D eigenvalue weighted by atomic mass is 10.2. The van der Waals surface area contributed by atoms with Crippen LogP contribution in [-0.2, 0) is 6.54 Å². The number of hydrogen-bond acceptors (Lipinski definition) is 7. The van der Waals surface area contributed by atoms with Gasteiger partial charge in [0, 0.05) is 11.8 Å². The summed E-state index contributed by atoms with van der Waals surface area (Å²) >= 11 is 0. The van der Waals surface area contributed by atoms with E-state index in [0.717, 1.165) is 5.69 Å². The number of benzene rings is 2. The van der Waals surface area contributed by atoms with Gasteiger partial charge in [0.1, 0.15) is 11.6 Å². The van der Waals surface area contributed by atoms with Crippen molar-refractivity contribution in [3.63, 3.8) is 0 Å². The van der Waals surface area contributed by atoms with Gasteiger partial charge in [-0.05, 0) is 24.3 Å². The summed E-state index contributed by atoms with van der Waals surface area (Å²) in [5, 5.41) is 3.03. The first-order chi connectivity index (χ1) is 12.6. The number of hydrogen-bond donors (Lipinski definition) is 3. The molecule has 0 saturated heterocycles. The standard InChI is InChI=1S/C17H15FN8/c18-10-6-7-12-13(8-10)26(11-4-2-1-3-5-11)14(22-12)9-21-17-24-15(19)23-16(20)25-17/h1-8H,9H2,(H5,19,20,21,23,24,25).